The fraction of sp³-hybridized carbons (Fsp3) is 0.231. The van der Waals surface area contributed by atoms with Crippen LogP contribution in [0.25, 0.3) is 0 Å². The zero-order chi connectivity index (χ0) is 14.4. The number of amides is 2. The average Bonchev–Trinajstić information content (AvgIpc) is 2.35. The molecule has 100 valence electrons. The number of halogens is 1. The van der Waals surface area contributed by atoms with Crippen molar-refractivity contribution in [3.8, 4) is 12.3 Å². The summed E-state index contributed by atoms with van der Waals surface area (Å²) in [5.74, 6) is 1.19. The Labute approximate surface area is 116 Å². The molecule has 0 bridgehead atoms. The minimum absolute atomic E-state index is 0.0503. The van der Waals surface area contributed by atoms with Gasteiger partial charge in [0.25, 0.3) is 0 Å². The van der Waals surface area contributed by atoms with Gasteiger partial charge in [0.1, 0.15) is 5.56 Å². The lowest BCUT2D eigenvalue weighted by atomic mass is 10.2. The van der Waals surface area contributed by atoms with E-state index >= 15 is 0 Å². The molecule has 0 aliphatic heterocycles. The van der Waals surface area contributed by atoms with Crippen LogP contribution in [-0.2, 0) is 0 Å². The van der Waals surface area contributed by atoms with Crippen molar-refractivity contribution in [1.29, 1.82) is 0 Å². The van der Waals surface area contributed by atoms with Crippen molar-refractivity contribution < 1.29 is 14.7 Å². The molecule has 19 heavy (non-hydrogen) atoms. The van der Waals surface area contributed by atoms with E-state index in [0.717, 1.165) is 0 Å². The molecule has 0 aliphatic rings. The first kappa shape index (κ1) is 14.9. The van der Waals surface area contributed by atoms with Gasteiger partial charge in [-0.05, 0) is 18.6 Å². The van der Waals surface area contributed by atoms with Crippen molar-refractivity contribution in [3.63, 3.8) is 0 Å². The standard InChI is InChI=1S/C13H13ClN2O3/c1-3-8(4-2)15-13(19)16-10-7-5-6-9(14)11(10)12(17)18/h1,5-8H,4H2,2H3,(H,17,18)(H2,15,16,19). The molecule has 3 N–H and O–H groups in total. The first-order chi connectivity index (χ1) is 8.99. The van der Waals surface area contributed by atoms with E-state index in [1.165, 1.54) is 12.1 Å². The number of aromatic carboxylic acids is 1. The number of anilines is 1. The van der Waals surface area contributed by atoms with Gasteiger partial charge in [0.2, 0.25) is 0 Å². The van der Waals surface area contributed by atoms with E-state index in [0.29, 0.717) is 6.42 Å². The van der Waals surface area contributed by atoms with E-state index < -0.39 is 18.0 Å². The molecule has 0 saturated heterocycles. The summed E-state index contributed by atoms with van der Waals surface area (Å²) in [7, 11) is 0. The maximum absolute atomic E-state index is 11.7. The summed E-state index contributed by atoms with van der Waals surface area (Å²) in [6, 6.07) is 3.45. The molecule has 5 nitrogen and oxygen atoms in total. The molecule has 0 heterocycles. The topological polar surface area (TPSA) is 78.4 Å². The minimum atomic E-state index is -1.22. The van der Waals surface area contributed by atoms with Crippen molar-refractivity contribution in [3.05, 3.63) is 28.8 Å². The fourth-order valence-electron chi connectivity index (χ4n) is 1.42. The highest BCUT2D eigenvalue weighted by Crippen LogP contribution is 2.24. The molecule has 1 aromatic carbocycles. The third-order valence-corrected chi connectivity index (χ3v) is 2.71. The zero-order valence-corrected chi connectivity index (χ0v) is 11.0. The molecule has 1 aromatic rings. The summed E-state index contributed by atoms with van der Waals surface area (Å²) in [6.07, 6.45) is 5.79. The Bertz CT molecular complexity index is 537. The first-order valence-corrected chi connectivity index (χ1v) is 5.92. The zero-order valence-electron chi connectivity index (χ0n) is 10.2. The van der Waals surface area contributed by atoms with Crippen LogP contribution >= 0.6 is 11.6 Å². The number of carbonyl (C=O) groups excluding carboxylic acids is 1. The van der Waals surface area contributed by atoms with Crippen LogP contribution in [0.15, 0.2) is 18.2 Å². The predicted molar refractivity (Wildman–Crippen MR) is 73.5 cm³/mol. The highest BCUT2D eigenvalue weighted by molar-refractivity contribution is 6.34. The molecule has 0 aliphatic carbocycles. The molecule has 0 aromatic heterocycles. The number of hydrogen-bond acceptors (Lipinski definition) is 2. The monoisotopic (exact) mass is 280 g/mol. The number of carboxylic acids is 1. The number of rotatable bonds is 4. The van der Waals surface area contributed by atoms with Gasteiger partial charge >= 0.3 is 12.0 Å². The summed E-state index contributed by atoms with van der Waals surface area (Å²) in [6.45, 7) is 1.83. The lowest BCUT2D eigenvalue weighted by molar-refractivity contribution is 0.0698. The SMILES string of the molecule is C#CC(CC)NC(=O)Nc1cccc(Cl)c1C(=O)O. The van der Waals surface area contributed by atoms with Crippen LogP contribution in [0.5, 0.6) is 0 Å². The van der Waals surface area contributed by atoms with Crippen LogP contribution < -0.4 is 10.6 Å². The lowest BCUT2D eigenvalue weighted by Crippen LogP contribution is -2.37. The molecule has 1 unspecified atom stereocenters. The van der Waals surface area contributed by atoms with Crippen LogP contribution in [0.3, 0.4) is 0 Å². The molecule has 0 spiro atoms. The van der Waals surface area contributed by atoms with Gasteiger partial charge in [0.15, 0.2) is 0 Å². The van der Waals surface area contributed by atoms with Crippen LogP contribution in [0, 0.1) is 12.3 Å². The van der Waals surface area contributed by atoms with Crippen molar-refractivity contribution in [2.75, 3.05) is 5.32 Å². The van der Waals surface area contributed by atoms with Crippen molar-refractivity contribution in [2.45, 2.75) is 19.4 Å². The summed E-state index contributed by atoms with van der Waals surface area (Å²) in [5.41, 5.74) is -0.0440. The van der Waals surface area contributed by atoms with Gasteiger partial charge in [0.05, 0.1) is 16.8 Å². The van der Waals surface area contributed by atoms with Crippen LogP contribution in [0.2, 0.25) is 5.02 Å². The van der Waals surface area contributed by atoms with Crippen LogP contribution in [0.1, 0.15) is 23.7 Å². The number of carbonyl (C=O) groups is 2. The van der Waals surface area contributed by atoms with E-state index in [-0.39, 0.29) is 16.3 Å². The van der Waals surface area contributed by atoms with Crippen molar-refractivity contribution in [1.82, 2.24) is 5.32 Å². The Morgan fingerprint density at radius 3 is 2.74 bits per heavy atom. The Hall–Kier alpha value is -2.19. The quantitative estimate of drug-likeness (QED) is 0.742. The Morgan fingerprint density at radius 2 is 2.21 bits per heavy atom. The minimum Gasteiger partial charge on any atom is -0.478 e. The summed E-state index contributed by atoms with van der Waals surface area (Å²) in [4.78, 5) is 22.7. The molecule has 1 rings (SSSR count). The second kappa shape index (κ2) is 6.66. The highest BCUT2D eigenvalue weighted by Gasteiger charge is 2.16. The number of terminal acetylenes is 1. The molecule has 2 amide bonds. The number of carboxylic acid groups (broad SMARTS) is 1. The number of benzene rings is 1. The highest BCUT2D eigenvalue weighted by atomic mass is 35.5. The molecule has 0 saturated carbocycles. The molecule has 0 fully saturated rings. The smallest absolute Gasteiger partial charge is 0.339 e. The average molecular weight is 281 g/mol. The summed E-state index contributed by atoms with van der Waals surface area (Å²) >= 11 is 5.78. The van der Waals surface area contributed by atoms with Crippen LogP contribution in [-0.4, -0.2) is 23.1 Å². The van der Waals surface area contributed by atoms with Crippen molar-refractivity contribution >= 4 is 29.3 Å². The molecule has 1 atom stereocenters. The molecule has 6 heteroatoms. The van der Waals surface area contributed by atoms with Gasteiger partial charge < -0.3 is 15.7 Å². The lowest BCUT2D eigenvalue weighted by Gasteiger charge is -2.13. The third-order valence-electron chi connectivity index (χ3n) is 2.39. The fourth-order valence-corrected chi connectivity index (χ4v) is 1.68. The predicted octanol–water partition coefficient (Wildman–Crippen LogP) is 2.57. The Kier molecular flexibility index (Phi) is 5.22. The van der Waals surface area contributed by atoms with E-state index in [2.05, 4.69) is 16.6 Å². The molecular formula is C13H13ClN2O3. The summed E-state index contributed by atoms with van der Waals surface area (Å²) < 4.78 is 0. The van der Waals surface area contributed by atoms with Gasteiger partial charge in [-0.15, -0.1) is 6.42 Å². The summed E-state index contributed by atoms with van der Waals surface area (Å²) in [5, 5.41) is 14.0. The van der Waals surface area contributed by atoms with E-state index in [4.69, 9.17) is 23.1 Å². The maximum atomic E-state index is 11.7. The van der Waals surface area contributed by atoms with Gasteiger partial charge in [0, 0.05) is 0 Å². The Balaban J connectivity index is 2.89. The molecule has 0 radical (unpaired) electrons. The van der Waals surface area contributed by atoms with Crippen molar-refractivity contribution in [2.24, 2.45) is 0 Å². The number of urea groups is 1. The largest absolute Gasteiger partial charge is 0.478 e. The Morgan fingerprint density at radius 1 is 1.53 bits per heavy atom. The number of hydrogen-bond donors (Lipinski definition) is 3. The maximum Gasteiger partial charge on any atom is 0.339 e. The van der Waals surface area contributed by atoms with E-state index in [9.17, 15) is 9.59 Å². The second-order valence-corrected chi connectivity index (χ2v) is 4.10. The van der Waals surface area contributed by atoms with Gasteiger partial charge in [-0.25, -0.2) is 9.59 Å². The second-order valence-electron chi connectivity index (χ2n) is 3.69. The van der Waals surface area contributed by atoms with Gasteiger partial charge in [-0.3, -0.25) is 0 Å². The van der Waals surface area contributed by atoms with Gasteiger partial charge in [-0.1, -0.05) is 30.5 Å². The van der Waals surface area contributed by atoms with E-state index in [1.807, 2.05) is 6.92 Å². The van der Waals surface area contributed by atoms with E-state index in [1.54, 1.807) is 6.07 Å². The number of nitrogens with one attached hydrogen (secondary N) is 2. The first-order valence-electron chi connectivity index (χ1n) is 5.55. The van der Waals surface area contributed by atoms with Crippen LogP contribution in [0.4, 0.5) is 10.5 Å². The molecular weight excluding hydrogens is 268 g/mol. The van der Waals surface area contributed by atoms with Gasteiger partial charge in [-0.2, -0.15) is 0 Å². The normalized spacial score (nSPS) is 11.2. The third kappa shape index (κ3) is 3.90.